The Bertz CT molecular complexity index is 2340. The maximum Gasteiger partial charge on any atom is 0.338 e. The molecule has 0 fully saturated rings. The molecule has 1 aromatic heterocycles. The van der Waals surface area contributed by atoms with Crippen molar-refractivity contribution in [2.45, 2.75) is 19.6 Å². The number of hydrogen-bond acceptors (Lipinski definition) is 7. The van der Waals surface area contributed by atoms with Crippen molar-refractivity contribution in [3.8, 4) is 11.5 Å². The quantitative estimate of drug-likeness (QED) is 0.163. The summed E-state index contributed by atoms with van der Waals surface area (Å²) in [6.07, 6.45) is 1.81. The highest BCUT2D eigenvalue weighted by Crippen LogP contribution is 2.36. The van der Waals surface area contributed by atoms with Gasteiger partial charge in [-0.05, 0) is 41.0 Å². The number of thiazole rings is 1. The molecule has 1 aliphatic rings. The molecule has 0 aliphatic carbocycles. The molecule has 238 valence electrons. The number of aromatic nitrogens is 1. The van der Waals surface area contributed by atoms with Crippen LogP contribution in [0.4, 0.5) is 0 Å². The Labute approximate surface area is 281 Å². The zero-order chi connectivity index (χ0) is 33.0. The number of esters is 1. The van der Waals surface area contributed by atoms with Crippen LogP contribution in [-0.4, -0.2) is 24.3 Å². The number of benzene rings is 5. The van der Waals surface area contributed by atoms with Crippen LogP contribution in [0.15, 0.2) is 137 Å². The van der Waals surface area contributed by atoms with E-state index in [0.717, 1.165) is 27.5 Å². The third-order valence-electron chi connectivity index (χ3n) is 8.26. The highest BCUT2D eigenvalue weighted by Gasteiger charge is 2.35. The first kappa shape index (κ1) is 30.9. The second-order valence-electron chi connectivity index (χ2n) is 11.1. The number of methoxy groups -OCH3 is 1. The fourth-order valence-electron chi connectivity index (χ4n) is 6.06. The fraction of sp³-hybridized carbons (Fsp3) is 0.125. The van der Waals surface area contributed by atoms with Crippen molar-refractivity contribution < 1.29 is 19.0 Å². The maximum atomic E-state index is 14.4. The molecule has 8 heteroatoms. The summed E-state index contributed by atoms with van der Waals surface area (Å²) in [5, 5.41) is 2.24. The van der Waals surface area contributed by atoms with Gasteiger partial charge in [0.15, 0.2) is 16.3 Å². The number of rotatable bonds is 9. The molecule has 0 amide bonds. The van der Waals surface area contributed by atoms with Crippen LogP contribution in [0.1, 0.15) is 35.2 Å². The van der Waals surface area contributed by atoms with Gasteiger partial charge in [0.1, 0.15) is 6.61 Å². The summed E-state index contributed by atoms with van der Waals surface area (Å²) in [5.41, 5.74) is 3.78. The lowest BCUT2D eigenvalue weighted by atomic mass is 9.93. The van der Waals surface area contributed by atoms with Crippen LogP contribution in [0.25, 0.3) is 22.5 Å². The van der Waals surface area contributed by atoms with Crippen LogP contribution in [0.3, 0.4) is 0 Å². The van der Waals surface area contributed by atoms with Gasteiger partial charge in [0.25, 0.3) is 5.56 Å². The van der Waals surface area contributed by atoms with Gasteiger partial charge in [-0.3, -0.25) is 9.36 Å². The minimum absolute atomic E-state index is 0.188. The van der Waals surface area contributed by atoms with Crippen LogP contribution in [0.2, 0.25) is 0 Å². The van der Waals surface area contributed by atoms with E-state index in [-0.39, 0.29) is 12.2 Å². The molecule has 1 aliphatic heterocycles. The lowest BCUT2D eigenvalue weighted by molar-refractivity contribution is -0.138. The molecule has 1 atom stereocenters. The predicted octanol–water partition coefficient (Wildman–Crippen LogP) is 6.68. The smallest absolute Gasteiger partial charge is 0.338 e. The van der Waals surface area contributed by atoms with Gasteiger partial charge in [-0.2, -0.15) is 0 Å². The number of nitrogens with zero attached hydrogens (tertiary/aromatic N) is 2. The molecule has 2 heterocycles. The first-order chi connectivity index (χ1) is 23.6. The molecule has 6 aromatic rings. The van der Waals surface area contributed by atoms with E-state index >= 15 is 0 Å². The summed E-state index contributed by atoms with van der Waals surface area (Å²) >= 11 is 1.26. The molecule has 0 bridgehead atoms. The third-order valence-corrected chi connectivity index (χ3v) is 9.24. The highest BCUT2D eigenvalue weighted by atomic mass is 32.1. The molecule has 0 saturated carbocycles. The number of carbonyl (C=O) groups excluding carboxylic acids is 1. The molecule has 5 aromatic carbocycles. The van der Waals surface area contributed by atoms with E-state index in [1.54, 1.807) is 18.6 Å². The van der Waals surface area contributed by atoms with Crippen molar-refractivity contribution in [1.29, 1.82) is 0 Å². The van der Waals surface area contributed by atoms with Crippen LogP contribution in [-0.2, 0) is 16.1 Å². The second kappa shape index (κ2) is 13.6. The summed E-state index contributed by atoms with van der Waals surface area (Å²) < 4.78 is 19.8. The molecule has 48 heavy (non-hydrogen) atoms. The highest BCUT2D eigenvalue weighted by molar-refractivity contribution is 7.07. The molecule has 7 rings (SSSR count). The predicted molar refractivity (Wildman–Crippen MR) is 189 cm³/mol. The number of fused-ring (bicyclic) bond motifs is 2. The minimum atomic E-state index is -0.744. The molecule has 0 unspecified atom stereocenters. The minimum Gasteiger partial charge on any atom is -0.493 e. The topological polar surface area (TPSA) is 79.1 Å². The van der Waals surface area contributed by atoms with Gasteiger partial charge < -0.3 is 14.2 Å². The SMILES string of the molecule is CCOC(=O)C1=C(c2ccccc2)N=c2s/c(=C\c3cccc(OC)c3OCc3cccc4ccccc34)c(=O)n2[C@@H]1c1ccccc1. The lowest BCUT2D eigenvalue weighted by Crippen LogP contribution is -2.40. The average Bonchev–Trinajstić information content (AvgIpc) is 3.44. The monoisotopic (exact) mass is 652 g/mol. The normalized spacial score (nSPS) is 14.4. The molecular weight excluding hydrogens is 621 g/mol. The second-order valence-corrected chi connectivity index (χ2v) is 12.2. The van der Waals surface area contributed by atoms with Crippen LogP contribution in [0, 0.1) is 0 Å². The lowest BCUT2D eigenvalue weighted by Gasteiger charge is -2.25. The van der Waals surface area contributed by atoms with E-state index < -0.39 is 12.0 Å². The molecule has 7 nitrogen and oxygen atoms in total. The Morgan fingerprint density at radius 2 is 1.58 bits per heavy atom. The van der Waals surface area contributed by atoms with E-state index in [4.69, 9.17) is 19.2 Å². The first-order valence-corrected chi connectivity index (χ1v) is 16.5. The van der Waals surface area contributed by atoms with Crippen molar-refractivity contribution >= 4 is 39.9 Å². The van der Waals surface area contributed by atoms with Crippen molar-refractivity contribution in [3.63, 3.8) is 0 Å². The van der Waals surface area contributed by atoms with Gasteiger partial charge in [-0.1, -0.05) is 127 Å². The maximum absolute atomic E-state index is 14.4. The fourth-order valence-corrected chi connectivity index (χ4v) is 7.05. The Kier molecular flexibility index (Phi) is 8.72. The Balaban J connectivity index is 1.39. The van der Waals surface area contributed by atoms with Crippen LogP contribution in [0.5, 0.6) is 11.5 Å². The number of hydrogen-bond donors (Lipinski definition) is 0. The van der Waals surface area contributed by atoms with Crippen molar-refractivity contribution in [1.82, 2.24) is 4.57 Å². The molecule has 0 saturated heterocycles. The molecule has 0 spiro atoms. The summed E-state index contributed by atoms with van der Waals surface area (Å²) in [6.45, 7) is 2.26. The number of ether oxygens (including phenoxy) is 3. The third kappa shape index (κ3) is 5.82. The van der Waals surface area contributed by atoms with Gasteiger partial charge >= 0.3 is 5.97 Å². The zero-order valence-corrected chi connectivity index (χ0v) is 27.3. The van der Waals surface area contributed by atoms with Gasteiger partial charge in [0.05, 0.1) is 35.6 Å². The number of carbonyl (C=O) groups is 1. The summed E-state index contributed by atoms with van der Waals surface area (Å²) in [5.74, 6) is 0.561. The molecule has 0 N–H and O–H groups in total. The molecular formula is C40H32N2O5S. The Hall–Kier alpha value is -5.73. The summed E-state index contributed by atoms with van der Waals surface area (Å²) in [6, 6.07) is 38.2. The van der Waals surface area contributed by atoms with Crippen LogP contribution < -0.4 is 24.4 Å². The van der Waals surface area contributed by atoms with E-state index in [1.807, 2.05) is 109 Å². The summed E-state index contributed by atoms with van der Waals surface area (Å²) in [4.78, 5) is 33.5. The number of para-hydroxylation sites is 1. The van der Waals surface area contributed by atoms with E-state index in [2.05, 4.69) is 18.2 Å². The average molecular weight is 653 g/mol. The van der Waals surface area contributed by atoms with E-state index in [1.165, 1.54) is 11.3 Å². The van der Waals surface area contributed by atoms with Gasteiger partial charge in [0, 0.05) is 11.1 Å². The standard InChI is InChI=1S/C40H32N2O5S/c1-3-46-39(44)34-35(27-15-6-4-7-16-27)41-40-42(36(34)28-17-8-5-9-18-28)38(43)33(48-40)24-29-20-13-23-32(45-2)37(29)47-25-30-21-12-19-26-14-10-11-22-31(26)30/h4-24,36H,3,25H2,1-2H3/b33-24-/t36-/m1/s1. The first-order valence-electron chi connectivity index (χ1n) is 15.7. The molecule has 0 radical (unpaired) electrons. The Morgan fingerprint density at radius 3 is 2.35 bits per heavy atom. The largest absolute Gasteiger partial charge is 0.493 e. The van der Waals surface area contributed by atoms with Crippen molar-refractivity contribution in [3.05, 3.63) is 169 Å². The van der Waals surface area contributed by atoms with Crippen LogP contribution >= 0.6 is 11.3 Å². The van der Waals surface area contributed by atoms with E-state index in [9.17, 15) is 9.59 Å². The van der Waals surface area contributed by atoms with Gasteiger partial charge in [-0.15, -0.1) is 0 Å². The van der Waals surface area contributed by atoms with Crippen molar-refractivity contribution in [2.24, 2.45) is 4.99 Å². The van der Waals surface area contributed by atoms with E-state index in [0.29, 0.717) is 44.3 Å². The van der Waals surface area contributed by atoms with Gasteiger partial charge in [-0.25, -0.2) is 9.79 Å². The van der Waals surface area contributed by atoms with Crippen molar-refractivity contribution in [2.75, 3.05) is 13.7 Å². The van der Waals surface area contributed by atoms with Gasteiger partial charge in [0.2, 0.25) is 0 Å². The Morgan fingerprint density at radius 1 is 0.875 bits per heavy atom. The zero-order valence-electron chi connectivity index (χ0n) is 26.5. The summed E-state index contributed by atoms with van der Waals surface area (Å²) in [7, 11) is 1.60.